The van der Waals surface area contributed by atoms with Gasteiger partial charge in [-0.3, -0.25) is 18.2 Å². The number of carbonyl (C=O) groups is 2. The molecular formula is C45H38F2N16O14S4. The van der Waals surface area contributed by atoms with Gasteiger partial charge >= 0.3 is 24.2 Å². The lowest BCUT2D eigenvalue weighted by Gasteiger charge is -2.13. The number of azo groups is 2. The molecule has 30 nitrogen and oxygen atoms in total. The predicted octanol–water partition coefficient (Wildman–Crippen LogP) is 7.07. The number of fused-ring (bicyclic) bond motifs is 2. The molecule has 0 saturated carbocycles. The number of hydrogen-bond donors (Lipinski definition) is 10. The van der Waals surface area contributed by atoms with Crippen molar-refractivity contribution in [1.29, 1.82) is 0 Å². The molecule has 36 heteroatoms. The van der Waals surface area contributed by atoms with Crippen LogP contribution in [0.5, 0.6) is 0 Å². The van der Waals surface area contributed by atoms with E-state index in [1.807, 2.05) is 0 Å². The molecule has 8 aromatic rings. The summed E-state index contributed by atoms with van der Waals surface area (Å²) in [6, 6.07) is 16.8. The zero-order valence-corrected chi connectivity index (χ0v) is 44.1. The smallest absolute Gasteiger partial charge is 0.316 e. The molecule has 8 rings (SSSR count). The molecular weight excluding hydrogens is 1150 g/mol. The second kappa shape index (κ2) is 22.8. The standard InChI is InChI=1S/C45H38F2N16O14S4/c1-21(11-38-54-39(56-40(46)55-38)13-22-5-9-30(32(12-22)52-42(48)64)62-63-34-19-29-23(15-37(34)81(75,76)77)3-2-4-35(29)79(69,70)71)20-50-44-57-41(47)58-45(59-44)51-25-8-10-31(33(17-25)53-43(49)65)61-60-26-7-6-24-14-27(78(66,67)68)18-36(28(24)16-26)80(72,73)74/h2-10,12,14-19,21H,11,13,20H2,1H3,(H3,48,52,64)(H3,49,53,65)(H,66,67,68)(H,69,70,71)(H,72,73,74)(H,75,76,77)(H2,50,51,57,58,59). The van der Waals surface area contributed by atoms with Crippen LogP contribution in [0.15, 0.2) is 137 Å². The number of hydrogen-bond acceptors (Lipinski definition) is 22. The van der Waals surface area contributed by atoms with Crippen LogP contribution in [0, 0.1) is 18.1 Å². The summed E-state index contributed by atoms with van der Waals surface area (Å²) in [5.74, 6) is -1.03. The fraction of sp³-hybridized carbons (Fsp3) is 0.111. The molecule has 12 N–H and O–H groups in total. The molecule has 4 amide bonds. The number of benzene rings is 6. The average Bonchev–Trinajstić information content (AvgIpc) is 3.53. The van der Waals surface area contributed by atoms with Gasteiger partial charge in [0.05, 0.1) is 22.0 Å². The van der Waals surface area contributed by atoms with Crippen molar-refractivity contribution < 1.29 is 70.3 Å². The Morgan fingerprint density at radius 3 is 1.83 bits per heavy atom. The lowest BCUT2D eigenvalue weighted by Crippen LogP contribution is -2.19. The van der Waals surface area contributed by atoms with Gasteiger partial charge in [-0.25, -0.2) is 14.6 Å². The van der Waals surface area contributed by atoms with Gasteiger partial charge in [0, 0.05) is 35.8 Å². The molecule has 0 bridgehead atoms. The summed E-state index contributed by atoms with van der Waals surface area (Å²) in [6.07, 6.45) is -2.48. The second-order valence-corrected chi connectivity index (χ2v) is 22.8. The zero-order valence-electron chi connectivity index (χ0n) is 40.8. The van der Waals surface area contributed by atoms with Crippen molar-refractivity contribution in [1.82, 2.24) is 29.9 Å². The lowest BCUT2D eigenvalue weighted by atomic mass is 10.1. The molecule has 420 valence electrons. The minimum Gasteiger partial charge on any atom is -0.354 e. The highest BCUT2D eigenvalue weighted by Gasteiger charge is 2.24. The maximum absolute atomic E-state index is 14.9. The minimum absolute atomic E-state index is 0.00263. The van der Waals surface area contributed by atoms with E-state index in [0.717, 1.165) is 30.3 Å². The van der Waals surface area contributed by atoms with Crippen LogP contribution < -0.4 is 32.7 Å². The molecule has 2 heterocycles. The maximum Gasteiger partial charge on any atom is 0.316 e. The zero-order chi connectivity index (χ0) is 58.8. The van der Waals surface area contributed by atoms with Crippen LogP contribution in [0.4, 0.5) is 70.1 Å². The number of carbonyl (C=O) groups excluding carboxylic acids is 2. The molecule has 81 heavy (non-hydrogen) atoms. The Morgan fingerprint density at radius 2 is 1.16 bits per heavy atom. The molecule has 2 aromatic heterocycles. The van der Waals surface area contributed by atoms with Crippen molar-refractivity contribution in [2.45, 2.75) is 39.3 Å². The van der Waals surface area contributed by atoms with E-state index in [9.17, 15) is 70.3 Å². The van der Waals surface area contributed by atoms with Crippen LogP contribution in [0.2, 0.25) is 0 Å². The van der Waals surface area contributed by atoms with E-state index in [2.05, 4.69) is 71.6 Å². The quantitative estimate of drug-likeness (QED) is 0.0286. The first-order valence-electron chi connectivity index (χ1n) is 22.5. The Bertz CT molecular complexity index is 4430. The van der Waals surface area contributed by atoms with E-state index in [-0.39, 0.29) is 98.6 Å². The first-order valence-corrected chi connectivity index (χ1v) is 28.3. The molecule has 1 unspecified atom stereocenters. The Balaban J connectivity index is 0.944. The molecule has 0 saturated heterocycles. The third-order valence-electron chi connectivity index (χ3n) is 11.1. The van der Waals surface area contributed by atoms with E-state index >= 15 is 0 Å². The predicted molar refractivity (Wildman–Crippen MR) is 282 cm³/mol. The number of rotatable bonds is 19. The molecule has 0 spiro atoms. The maximum atomic E-state index is 14.9. The van der Waals surface area contributed by atoms with E-state index < -0.39 is 95.9 Å². The molecule has 0 aliphatic rings. The number of anilines is 5. The summed E-state index contributed by atoms with van der Waals surface area (Å²) in [5.41, 5.74) is 10.5. The van der Waals surface area contributed by atoms with Gasteiger partial charge in [-0.2, -0.15) is 72.5 Å². The topological polar surface area (TPSA) is 479 Å². The Labute approximate surface area is 455 Å². The summed E-state index contributed by atoms with van der Waals surface area (Å²) < 4.78 is 165. The lowest BCUT2D eigenvalue weighted by molar-refractivity contribution is 0.258. The van der Waals surface area contributed by atoms with E-state index in [1.165, 1.54) is 60.7 Å². The van der Waals surface area contributed by atoms with Crippen molar-refractivity contribution in [2.75, 3.05) is 27.8 Å². The normalized spacial score (nSPS) is 12.7. The third kappa shape index (κ3) is 14.7. The molecule has 1 atom stereocenters. The van der Waals surface area contributed by atoms with Crippen LogP contribution in [-0.2, 0) is 53.3 Å². The van der Waals surface area contributed by atoms with Crippen molar-refractivity contribution in [3.8, 4) is 0 Å². The van der Waals surface area contributed by atoms with Gasteiger partial charge in [0.15, 0.2) is 0 Å². The van der Waals surface area contributed by atoms with Crippen molar-refractivity contribution in [3.63, 3.8) is 0 Å². The average molecular weight is 1190 g/mol. The summed E-state index contributed by atoms with van der Waals surface area (Å²) in [7, 11) is -19.7. The first-order chi connectivity index (χ1) is 37.9. The largest absolute Gasteiger partial charge is 0.354 e. The van der Waals surface area contributed by atoms with Crippen molar-refractivity contribution >= 4 is 126 Å². The summed E-state index contributed by atoms with van der Waals surface area (Å²) >= 11 is 0. The highest BCUT2D eigenvalue weighted by Crippen LogP contribution is 2.37. The molecule has 0 aliphatic carbocycles. The van der Waals surface area contributed by atoms with E-state index in [1.54, 1.807) is 6.92 Å². The number of urea groups is 2. The van der Waals surface area contributed by atoms with Gasteiger partial charge in [0.2, 0.25) is 11.9 Å². The summed E-state index contributed by atoms with van der Waals surface area (Å²) in [6.45, 7) is 1.76. The number of nitrogens with zero attached hydrogens (tertiary/aromatic N) is 10. The van der Waals surface area contributed by atoms with Gasteiger partial charge in [0.25, 0.3) is 40.5 Å². The number of nitrogens with two attached hydrogens (primary N) is 2. The highest BCUT2D eigenvalue weighted by atomic mass is 32.2. The summed E-state index contributed by atoms with van der Waals surface area (Å²) in [5, 5.41) is 26.0. The molecule has 0 fully saturated rings. The van der Waals surface area contributed by atoms with Gasteiger partial charge < -0.3 is 32.7 Å². The second-order valence-electron chi connectivity index (χ2n) is 17.2. The van der Waals surface area contributed by atoms with Gasteiger partial charge in [-0.15, -0.1) is 15.3 Å². The number of halogens is 2. The Morgan fingerprint density at radius 1 is 0.568 bits per heavy atom. The van der Waals surface area contributed by atoms with E-state index in [4.69, 9.17) is 11.5 Å². The van der Waals surface area contributed by atoms with Crippen LogP contribution in [0.3, 0.4) is 0 Å². The van der Waals surface area contributed by atoms with E-state index in [0.29, 0.717) is 11.6 Å². The number of primary amides is 2. The van der Waals surface area contributed by atoms with Crippen LogP contribution >= 0.6 is 0 Å². The molecule has 6 aromatic carbocycles. The minimum atomic E-state index is -5.02. The fourth-order valence-electron chi connectivity index (χ4n) is 7.70. The van der Waals surface area contributed by atoms with Gasteiger partial charge in [-0.1, -0.05) is 31.2 Å². The van der Waals surface area contributed by atoms with Crippen molar-refractivity contribution in [3.05, 3.63) is 126 Å². The van der Waals surface area contributed by atoms with Gasteiger partial charge in [0.1, 0.15) is 43.4 Å². The SMILES string of the molecule is CC(CNc1nc(F)nc(Nc2ccc(N=Nc3ccc4cc(S(=O)(=O)O)cc(S(=O)(=O)O)c4c3)c(NC(N)=O)c2)n1)Cc1nc(F)nc(Cc2ccc(N=Nc3cc4c(S(=O)(=O)O)cccc4cc3S(=O)(=O)O)c(NC(N)=O)c2)n1. The third-order valence-corrected chi connectivity index (χ3v) is 14.6. The van der Waals surface area contributed by atoms with Crippen LogP contribution in [-0.4, -0.2) is 100 Å². The number of amides is 4. The number of aromatic nitrogens is 6. The monoisotopic (exact) mass is 1190 g/mol. The summed E-state index contributed by atoms with van der Waals surface area (Å²) in [4.78, 5) is 44.4. The number of nitrogens with one attached hydrogen (secondary N) is 4. The Hall–Kier alpha value is -9.30. The fourth-order valence-corrected chi connectivity index (χ4v) is 10.4. The van der Waals surface area contributed by atoms with Crippen LogP contribution in [0.1, 0.15) is 24.1 Å². The molecule has 0 aliphatic heterocycles. The van der Waals surface area contributed by atoms with Gasteiger partial charge in [-0.05, 0) is 95.1 Å². The van der Waals surface area contributed by atoms with Crippen LogP contribution in [0.25, 0.3) is 21.5 Å². The molecule has 0 radical (unpaired) electrons. The Kier molecular flexibility index (Phi) is 16.3. The highest BCUT2D eigenvalue weighted by molar-refractivity contribution is 7.87. The van der Waals surface area contributed by atoms with Crippen molar-refractivity contribution in [2.24, 2.45) is 37.8 Å². The first kappa shape index (κ1) is 57.9.